The standard InChI is InChI=1S/C25H30N2O3/c1-17(2)13-21-16-26(14-18(3)4)25(30)27(21)15-19-9-11-20(12-10-19)22-7-5-6-8-23(22)24(28)29/h5-12,16-18H,13-15H2,1-4H3,(H,28,29). The van der Waals surface area contributed by atoms with Crippen LogP contribution in [0.15, 0.2) is 59.5 Å². The number of rotatable bonds is 8. The lowest BCUT2D eigenvalue weighted by Gasteiger charge is -2.11. The van der Waals surface area contributed by atoms with E-state index < -0.39 is 5.97 Å². The fraction of sp³-hybridized carbons (Fsp3) is 0.360. The highest BCUT2D eigenvalue weighted by Crippen LogP contribution is 2.24. The van der Waals surface area contributed by atoms with Crippen LogP contribution in [0.5, 0.6) is 0 Å². The summed E-state index contributed by atoms with van der Waals surface area (Å²) in [7, 11) is 0. The van der Waals surface area contributed by atoms with Gasteiger partial charge < -0.3 is 5.11 Å². The lowest BCUT2D eigenvalue weighted by Crippen LogP contribution is -2.27. The minimum absolute atomic E-state index is 0.0275. The Morgan fingerprint density at radius 2 is 1.63 bits per heavy atom. The SMILES string of the molecule is CC(C)Cc1cn(CC(C)C)c(=O)n1Cc1ccc(-c2ccccc2C(=O)O)cc1. The van der Waals surface area contributed by atoms with Gasteiger partial charge >= 0.3 is 11.7 Å². The van der Waals surface area contributed by atoms with Crippen LogP contribution < -0.4 is 5.69 Å². The molecular formula is C25H30N2O3. The van der Waals surface area contributed by atoms with Crippen LogP contribution in [-0.4, -0.2) is 20.2 Å². The molecule has 30 heavy (non-hydrogen) atoms. The van der Waals surface area contributed by atoms with Crippen LogP contribution in [-0.2, 0) is 19.5 Å². The average Bonchev–Trinajstić information content (AvgIpc) is 2.96. The van der Waals surface area contributed by atoms with E-state index in [9.17, 15) is 14.7 Å². The van der Waals surface area contributed by atoms with Crippen molar-refractivity contribution in [2.24, 2.45) is 11.8 Å². The molecule has 0 aliphatic heterocycles. The molecule has 5 heteroatoms. The molecule has 1 N–H and O–H groups in total. The maximum Gasteiger partial charge on any atom is 0.336 e. The molecule has 0 saturated heterocycles. The first-order chi connectivity index (χ1) is 14.3. The highest BCUT2D eigenvalue weighted by atomic mass is 16.4. The molecule has 0 radical (unpaired) electrons. The number of carboxylic acid groups (broad SMARTS) is 1. The molecule has 1 heterocycles. The summed E-state index contributed by atoms with van der Waals surface area (Å²) in [5.74, 6) is -0.0782. The normalized spacial score (nSPS) is 11.4. The molecule has 3 aromatic rings. The van der Waals surface area contributed by atoms with Gasteiger partial charge in [-0.2, -0.15) is 0 Å². The lowest BCUT2D eigenvalue weighted by molar-refractivity contribution is 0.0697. The third-order valence-electron chi connectivity index (χ3n) is 5.07. The average molecular weight is 407 g/mol. The van der Waals surface area contributed by atoms with Crippen molar-refractivity contribution in [3.63, 3.8) is 0 Å². The Hall–Kier alpha value is -3.08. The number of benzene rings is 2. The Morgan fingerprint density at radius 1 is 0.967 bits per heavy atom. The van der Waals surface area contributed by atoms with Crippen LogP contribution in [0.2, 0.25) is 0 Å². The Kier molecular flexibility index (Phi) is 6.60. The number of imidazole rings is 1. The summed E-state index contributed by atoms with van der Waals surface area (Å²) >= 11 is 0. The van der Waals surface area contributed by atoms with Crippen molar-refractivity contribution in [1.29, 1.82) is 0 Å². The van der Waals surface area contributed by atoms with Gasteiger partial charge in [0.25, 0.3) is 0 Å². The van der Waals surface area contributed by atoms with Gasteiger partial charge in [0.2, 0.25) is 0 Å². The van der Waals surface area contributed by atoms with Crippen molar-refractivity contribution in [3.8, 4) is 11.1 Å². The highest BCUT2D eigenvalue weighted by Gasteiger charge is 2.15. The summed E-state index contributed by atoms with van der Waals surface area (Å²) < 4.78 is 3.68. The number of hydrogen-bond acceptors (Lipinski definition) is 2. The zero-order valence-corrected chi connectivity index (χ0v) is 18.1. The first kappa shape index (κ1) is 21.6. The zero-order chi connectivity index (χ0) is 21.8. The van der Waals surface area contributed by atoms with E-state index in [1.54, 1.807) is 12.1 Å². The van der Waals surface area contributed by atoms with E-state index in [4.69, 9.17) is 0 Å². The quantitative estimate of drug-likeness (QED) is 0.578. The smallest absolute Gasteiger partial charge is 0.336 e. The van der Waals surface area contributed by atoms with Crippen LogP contribution in [0.1, 0.15) is 49.3 Å². The Labute approximate surface area is 177 Å². The second kappa shape index (κ2) is 9.16. The van der Waals surface area contributed by atoms with Gasteiger partial charge in [-0.15, -0.1) is 0 Å². The van der Waals surface area contributed by atoms with E-state index in [1.165, 1.54) is 0 Å². The number of nitrogens with zero attached hydrogens (tertiary/aromatic N) is 2. The van der Waals surface area contributed by atoms with Gasteiger partial charge in [-0.1, -0.05) is 70.2 Å². The van der Waals surface area contributed by atoms with E-state index in [0.717, 1.165) is 23.2 Å². The van der Waals surface area contributed by atoms with Gasteiger partial charge in [-0.25, -0.2) is 9.59 Å². The highest BCUT2D eigenvalue weighted by molar-refractivity contribution is 5.95. The van der Waals surface area contributed by atoms with E-state index in [-0.39, 0.29) is 11.3 Å². The Bertz CT molecular complexity index is 1070. The summed E-state index contributed by atoms with van der Waals surface area (Å²) in [6, 6.07) is 14.8. The summed E-state index contributed by atoms with van der Waals surface area (Å²) in [5, 5.41) is 9.43. The maximum atomic E-state index is 13.0. The fourth-order valence-corrected chi connectivity index (χ4v) is 3.75. The summed E-state index contributed by atoms with van der Waals surface area (Å²) in [6.07, 6.45) is 2.85. The van der Waals surface area contributed by atoms with Crippen LogP contribution in [0, 0.1) is 11.8 Å². The molecule has 0 spiro atoms. The van der Waals surface area contributed by atoms with Gasteiger partial charge in [0, 0.05) is 18.4 Å². The zero-order valence-electron chi connectivity index (χ0n) is 18.1. The van der Waals surface area contributed by atoms with E-state index in [0.29, 0.717) is 30.5 Å². The van der Waals surface area contributed by atoms with Crippen molar-refractivity contribution in [2.45, 2.75) is 47.2 Å². The second-order valence-corrected chi connectivity index (χ2v) is 8.68. The molecule has 3 rings (SSSR count). The van der Waals surface area contributed by atoms with Crippen LogP contribution >= 0.6 is 0 Å². The van der Waals surface area contributed by atoms with E-state index in [2.05, 4.69) is 27.7 Å². The van der Waals surface area contributed by atoms with Gasteiger partial charge in [-0.05, 0) is 41.0 Å². The monoisotopic (exact) mass is 406 g/mol. The fourth-order valence-electron chi connectivity index (χ4n) is 3.75. The summed E-state index contributed by atoms with van der Waals surface area (Å²) in [4.78, 5) is 24.5. The summed E-state index contributed by atoms with van der Waals surface area (Å²) in [6.45, 7) is 9.75. The van der Waals surface area contributed by atoms with Crippen LogP contribution in [0.4, 0.5) is 0 Å². The number of aromatic carboxylic acids is 1. The molecule has 0 fully saturated rings. The molecule has 5 nitrogen and oxygen atoms in total. The van der Waals surface area contributed by atoms with E-state index in [1.807, 2.05) is 51.7 Å². The number of aromatic nitrogens is 2. The van der Waals surface area contributed by atoms with Crippen molar-refractivity contribution < 1.29 is 9.90 Å². The largest absolute Gasteiger partial charge is 0.478 e. The minimum Gasteiger partial charge on any atom is -0.478 e. The summed E-state index contributed by atoms with van der Waals surface area (Å²) in [5.41, 5.74) is 3.92. The van der Waals surface area contributed by atoms with Crippen molar-refractivity contribution >= 4 is 5.97 Å². The molecule has 0 amide bonds. The predicted octanol–water partition coefficient (Wildman–Crippen LogP) is 4.92. The molecule has 0 atom stereocenters. The molecule has 0 aliphatic rings. The maximum absolute atomic E-state index is 13.0. The van der Waals surface area contributed by atoms with Crippen molar-refractivity contribution in [2.75, 3.05) is 0 Å². The van der Waals surface area contributed by atoms with Crippen molar-refractivity contribution in [1.82, 2.24) is 9.13 Å². The molecule has 2 aromatic carbocycles. The van der Waals surface area contributed by atoms with Crippen LogP contribution in [0.3, 0.4) is 0 Å². The number of hydrogen-bond donors (Lipinski definition) is 1. The molecular weight excluding hydrogens is 376 g/mol. The molecule has 0 unspecified atom stereocenters. The van der Waals surface area contributed by atoms with E-state index >= 15 is 0 Å². The van der Waals surface area contributed by atoms with Gasteiger partial charge in [-0.3, -0.25) is 9.13 Å². The predicted molar refractivity (Wildman–Crippen MR) is 120 cm³/mol. The van der Waals surface area contributed by atoms with Gasteiger partial charge in [0.1, 0.15) is 0 Å². The van der Waals surface area contributed by atoms with Crippen LogP contribution in [0.25, 0.3) is 11.1 Å². The topological polar surface area (TPSA) is 64.2 Å². The minimum atomic E-state index is -0.939. The lowest BCUT2D eigenvalue weighted by atomic mass is 9.98. The van der Waals surface area contributed by atoms with Gasteiger partial charge in [0.15, 0.2) is 0 Å². The molecule has 158 valence electrons. The number of carbonyl (C=O) groups is 1. The molecule has 0 aliphatic carbocycles. The van der Waals surface area contributed by atoms with Crippen molar-refractivity contribution in [3.05, 3.63) is 82.0 Å². The Morgan fingerprint density at radius 3 is 2.23 bits per heavy atom. The third kappa shape index (κ3) is 4.90. The second-order valence-electron chi connectivity index (χ2n) is 8.68. The first-order valence-electron chi connectivity index (χ1n) is 10.5. The Balaban J connectivity index is 1.91. The van der Waals surface area contributed by atoms with Gasteiger partial charge in [0.05, 0.1) is 12.1 Å². The number of carboxylic acids is 1. The molecule has 0 bridgehead atoms. The third-order valence-corrected chi connectivity index (χ3v) is 5.07. The molecule has 1 aromatic heterocycles. The first-order valence-corrected chi connectivity index (χ1v) is 10.5. The molecule has 0 saturated carbocycles.